The van der Waals surface area contributed by atoms with E-state index in [2.05, 4.69) is 6.58 Å². The van der Waals surface area contributed by atoms with E-state index in [1.54, 1.807) is 20.8 Å². The van der Waals surface area contributed by atoms with Crippen molar-refractivity contribution in [3.63, 3.8) is 0 Å². The fourth-order valence-corrected chi connectivity index (χ4v) is 2.73. The van der Waals surface area contributed by atoms with Gasteiger partial charge in [-0.3, -0.25) is 0 Å². The molecule has 0 N–H and O–H groups in total. The molecule has 0 unspecified atom stereocenters. The molecule has 0 aromatic carbocycles. The molecule has 0 aromatic rings. The van der Waals surface area contributed by atoms with Gasteiger partial charge in [-0.05, 0) is 20.8 Å². The molecule has 88 valence electrons. The Morgan fingerprint density at radius 2 is 1.53 bits per heavy atom. The van der Waals surface area contributed by atoms with Gasteiger partial charge in [-0.1, -0.05) is 6.58 Å². The molecule has 0 bridgehead atoms. The van der Waals surface area contributed by atoms with Crippen LogP contribution in [0.4, 0.5) is 0 Å². The largest absolute Gasteiger partial charge is 0.751 e. The Hall–Kier alpha value is -0.693. The third kappa shape index (κ3) is 5.08. The summed E-state index contributed by atoms with van der Waals surface area (Å²) in [7, 11) is -3.30. The lowest BCUT2D eigenvalue weighted by Crippen LogP contribution is -2.50. The van der Waals surface area contributed by atoms with Crippen LogP contribution >= 0.6 is 0 Å². The van der Waals surface area contributed by atoms with Crippen LogP contribution in [0.5, 0.6) is 0 Å². The second-order valence-corrected chi connectivity index (χ2v) is 4.49. The maximum Gasteiger partial charge on any atom is 0.751 e. The minimum atomic E-state index is -3.30. The van der Waals surface area contributed by atoms with Crippen molar-refractivity contribution in [3.8, 4) is 0 Å². The summed E-state index contributed by atoms with van der Waals surface area (Å²) in [5.74, 6) is -0.600. The molecule has 0 spiro atoms. The second kappa shape index (κ2) is 7.58. The Balaban J connectivity index is 4.58. The van der Waals surface area contributed by atoms with E-state index in [-0.39, 0.29) is 0 Å². The summed E-state index contributed by atoms with van der Waals surface area (Å²) >= 11 is 0. The minimum Gasteiger partial charge on any atom is -0.449 e. The van der Waals surface area contributed by atoms with Crippen molar-refractivity contribution in [1.29, 1.82) is 0 Å². The molecule has 0 atom stereocenters. The Morgan fingerprint density at radius 1 is 1.13 bits per heavy atom. The quantitative estimate of drug-likeness (QED) is 0.467. The molecule has 0 fully saturated rings. The SMILES string of the molecule is C=CC(=O)O[Si](OCC)(OCC)OCC. The maximum absolute atomic E-state index is 11.1. The average Bonchev–Trinajstić information content (AvgIpc) is 2.18. The molecule has 6 heteroatoms. The Labute approximate surface area is 91.5 Å². The predicted octanol–water partition coefficient (Wildman–Crippen LogP) is 1.26. The van der Waals surface area contributed by atoms with E-state index >= 15 is 0 Å². The van der Waals surface area contributed by atoms with E-state index in [1.165, 1.54) is 0 Å². The van der Waals surface area contributed by atoms with Crippen LogP contribution < -0.4 is 0 Å². The number of carbonyl (C=O) groups is 1. The molecule has 0 saturated heterocycles. The Kier molecular flexibility index (Phi) is 7.23. The van der Waals surface area contributed by atoms with E-state index in [0.717, 1.165) is 6.08 Å². The van der Waals surface area contributed by atoms with Gasteiger partial charge in [0.15, 0.2) is 0 Å². The van der Waals surface area contributed by atoms with Gasteiger partial charge in [0.2, 0.25) is 0 Å². The highest BCUT2D eigenvalue weighted by atomic mass is 28.4. The van der Waals surface area contributed by atoms with Gasteiger partial charge in [0.1, 0.15) is 0 Å². The van der Waals surface area contributed by atoms with E-state index < -0.39 is 15.0 Å². The summed E-state index contributed by atoms with van der Waals surface area (Å²) in [5.41, 5.74) is 0. The third-order valence-corrected chi connectivity index (χ3v) is 3.73. The highest BCUT2D eigenvalue weighted by molar-refractivity contribution is 6.55. The smallest absolute Gasteiger partial charge is 0.449 e. The van der Waals surface area contributed by atoms with Crippen LogP contribution in [0.1, 0.15) is 20.8 Å². The van der Waals surface area contributed by atoms with Crippen LogP contribution in [0.3, 0.4) is 0 Å². The van der Waals surface area contributed by atoms with Crippen molar-refractivity contribution in [2.45, 2.75) is 20.8 Å². The zero-order valence-electron chi connectivity index (χ0n) is 9.45. The van der Waals surface area contributed by atoms with Gasteiger partial charge in [-0.2, -0.15) is 0 Å². The number of carbonyl (C=O) groups excluding carboxylic acids is 1. The van der Waals surface area contributed by atoms with Crippen LogP contribution in [-0.2, 0) is 22.5 Å². The highest BCUT2D eigenvalue weighted by Crippen LogP contribution is 2.12. The monoisotopic (exact) mass is 234 g/mol. The van der Waals surface area contributed by atoms with Gasteiger partial charge in [0.25, 0.3) is 0 Å². The van der Waals surface area contributed by atoms with Gasteiger partial charge < -0.3 is 17.7 Å². The molecule has 0 aromatic heterocycles. The van der Waals surface area contributed by atoms with Gasteiger partial charge in [-0.25, -0.2) is 4.79 Å². The highest BCUT2D eigenvalue weighted by Gasteiger charge is 2.48. The summed E-state index contributed by atoms with van der Waals surface area (Å²) < 4.78 is 20.9. The number of hydrogen-bond acceptors (Lipinski definition) is 5. The molecule has 0 aliphatic rings. The molecule has 0 radical (unpaired) electrons. The fourth-order valence-electron chi connectivity index (χ4n) is 0.909. The lowest BCUT2D eigenvalue weighted by atomic mass is 10.7. The van der Waals surface area contributed by atoms with Gasteiger partial charge in [0.05, 0.1) is 0 Å². The zero-order valence-corrected chi connectivity index (χ0v) is 10.4. The molecule has 0 amide bonds. The fraction of sp³-hybridized carbons (Fsp3) is 0.667. The molecule has 15 heavy (non-hydrogen) atoms. The van der Waals surface area contributed by atoms with E-state index in [9.17, 15) is 4.79 Å². The minimum absolute atomic E-state index is 0.358. The first kappa shape index (κ1) is 14.3. The molecule has 0 aliphatic carbocycles. The summed E-state index contributed by atoms with van der Waals surface area (Å²) in [6.07, 6.45) is 1.05. The van der Waals surface area contributed by atoms with Crippen molar-refractivity contribution in [2.75, 3.05) is 19.8 Å². The first-order valence-corrected chi connectivity index (χ1v) is 6.54. The molecule has 0 rings (SSSR count). The van der Waals surface area contributed by atoms with Crippen LogP contribution in [-0.4, -0.2) is 34.8 Å². The lowest BCUT2D eigenvalue weighted by molar-refractivity contribution is -0.138. The first-order valence-electron chi connectivity index (χ1n) is 4.91. The van der Waals surface area contributed by atoms with Crippen LogP contribution in [0, 0.1) is 0 Å². The molecule has 0 aliphatic heterocycles. The van der Waals surface area contributed by atoms with Crippen LogP contribution in [0.25, 0.3) is 0 Å². The van der Waals surface area contributed by atoms with Crippen molar-refractivity contribution < 1.29 is 22.5 Å². The molecular weight excluding hydrogens is 216 g/mol. The molecule has 0 heterocycles. The topological polar surface area (TPSA) is 54.0 Å². The summed E-state index contributed by atoms with van der Waals surface area (Å²) in [4.78, 5) is 11.1. The second-order valence-electron chi connectivity index (χ2n) is 2.42. The van der Waals surface area contributed by atoms with Crippen molar-refractivity contribution in [1.82, 2.24) is 0 Å². The average molecular weight is 234 g/mol. The molecular formula is C9H18O5Si. The van der Waals surface area contributed by atoms with E-state index in [4.69, 9.17) is 17.7 Å². The van der Waals surface area contributed by atoms with Crippen molar-refractivity contribution >= 4 is 15.0 Å². The zero-order chi connectivity index (χ0) is 11.7. The first-order chi connectivity index (χ1) is 7.14. The third-order valence-electron chi connectivity index (χ3n) is 1.36. The lowest BCUT2D eigenvalue weighted by Gasteiger charge is -2.25. The number of rotatable bonds is 8. The summed E-state index contributed by atoms with van der Waals surface area (Å²) in [5, 5.41) is 0. The predicted molar refractivity (Wildman–Crippen MR) is 56.9 cm³/mol. The van der Waals surface area contributed by atoms with Gasteiger partial charge >= 0.3 is 15.0 Å². The Bertz CT molecular complexity index is 190. The van der Waals surface area contributed by atoms with Gasteiger partial charge in [-0.15, -0.1) is 0 Å². The molecule has 5 nitrogen and oxygen atoms in total. The summed E-state index contributed by atoms with van der Waals surface area (Å²) in [6, 6.07) is 0. The van der Waals surface area contributed by atoms with Crippen molar-refractivity contribution in [2.24, 2.45) is 0 Å². The normalized spacial score (nSPS) is 11.1. The Morgan fingerprint density at radius 3 is 1.80 bits per heavy atom. The standard InChI is InChI=1S/C9H18O5Si/c1-5-9(10)14-15(11-6-2,12-7-3)13-8-4/h5H,1,6-8H2,2-4H3. The maximum atomic E-state index is 11.1. The van der Waals surface area contributed by atoms with Crippen LogP contribution in [0.15, 0.2) is 12.7 Å². The number of hydrogen-bond donors (Lipinski definition) is 0. The van der Waals surface area contributed by atoms with Crippen LogP contribution in [0.2, 0.25) is 0 Å². The van der Waals surface area contributed by atoms with Gasteiger partial charge in [0, 0.05) is 25.9 Å². The van der Waals surface area contributed by atoms with E-state index in [0.29, 0.717) is 19.8 Å². The molecule has 0 saturated carbocycles. The van der Waals surface area contributed by atoms with Crippen molar-refractivity contribution in [3.05, 3.63) is 12.7 Å². The van der Waals surface area contributed by atoms with E-state index in [1.807, 2.05) is 0 Å². The summed E-state index contributed by atoms with van der Waals surface area (Å²) in [6.45, 7) is 9.72.